The molecular weight excluding hydrogens is 430 g/mol. The van der Waals surface area contributed by atoms with Crippen molar-refractivity contribution in [2.45, 2.75) is 0 Å². The molecule has 0 aliphatic carbocycles. The minimum Gasteiger partial charge on any atom is -0.493 e. The van der Waals surface area contributed by atoms with E-state index in [-0.39, 0.29) is 17.3 Å². The molecule has 0 saturated carbocycles. The predicted molar refractivity (Wildman–Crippen MR) is 132 cm³/mol. The number of amides is 2. The second-order valence-corrected chi connectivity index (χ2v) is 7.74. The van der Waals surface area contributed by atoms with Gasteiger partial charge in [-0.15, -0.1) is 10.2 Å². The van der Waals surface area contributed by atoms with Crippen LogP contribution in [0.4, 0.5) is 11.4 Å². The number of hydrogen-bond acceptors (Lipinski definition) is 5. The van der Waals surface area contributed by atoms with Gasteiger partial charge in [-0.3, -0.25) is 9.59 Å². The highest BCUT2D eigenvalue weighted by Gasteiger charge is 2.16. The number of carbonyl (C=O) groups excluding carboxylic acids is 2. The van der Waals surface area contributed by atoms with Gasteiger partial charge < -0.3 is 20.3 Å². The lowest BCUT2D eigenvalue weighted by Gasteiger charge is -2.12. The number of hydrogen-bond donors (Lipinski definition) is 3. The van der Waals surface area contributed by atoms with E-state index in [1.165, 1.54) is 6.08 Å². The molecule has 0 spiro atoms. The number of aromatic hydroxyl groups is 1. The van der Waals surface area contributed by atoms with Gasteiger partial charge in [-0.25, -0.2) is 0 Å². The van der Waals surface area contributed by atoms with Gasteiger partial charge in [-0.2, -0.15) is 0 Å². The van der Waals surface area contributed by atoms with Gasteiger partial charge in [0.25, 0.3) is 5.91 Å². The van der Waals surface area contributed by atoms with Crippen molar-refractivity contribution in [1.29, 1.82) is 0 Å². The Morgan fingerprint density at radius 2 is 1.62 bits per heavy atom. The van der Waals surface area contributed by atoms with Crippen molar-refractivity contribution in [2.24, 2.45) is 10.2 Å². The third-order valence-corrected chi connectivity index (χ3v) is 5.14. The summed E-state index contributed by atoms with van der Waals surface area (Å²) in [4.78, 5) is 30.5. The summed E-state index contributed by atoms with van der Waals surface area (Å²) >= 11 is 0. The van der Waals surface area contributed by atoms with Crippen molar-refractivity contribution in [1.82, 2.24) is 10.3 Å². The fourth-order valence-corrected chi connectivity index (χ4v) is 3.33. The van der Waals surface area contributed by atoms with Crippen molar-refractivity contribution in [3.05, 3.63) is 95.7 Å². The molecule has 0 aliphatic rings. The largest absolute Gasteiger partial charge is 0.493 e. The summed E-state index contributed by atoms with van der Waals surface area (Å²) in [5.41, 5.74) is 2.86. The van der Waals surface area contributed by atoms with Gasteiger partial charge in [0.1, 0.15) is 5.70 Å². The Balaban J connectivity index is 1.66. The zero-order chi connectivity index (χ0) is 24.1. The van der Waals surface area contributed by atoms with Crippen LogP contribution in [-0.4, -0.2) is 36.0 Å². The molecule has 0 bridgehead atoms. The van der Waals surface area contributed by atoms with Crippen LogP contribution >= 0.6 is 0 Å². The van der Waals surface area contributed by atoms with Gasteiger partial charge in [0.15, 0.2) is 5.69 Å². The smallest absolute Gasteiger partial charge is 0.311 e. The molecule has 170 valence electrons. The number of carbonyl (C=O) groups is 2. The summed E-state index contributed by atoms with van der Waals surface area (Å²) in [5, 5.41) is 21.2. The Hall–Kier alpha value is -4.72. The van der Waals surface area contributed by atoms with Crippen molar-refractivity contribution < 1.29 is 14.7 Å². The number of nitrogens with one attached hydrogen (secondary N) is 2. The topological polar surface area (TPSA) is 110 Å². The van der Waals surface area contributed by atoms with E-state index in [0.717, 1.165) is 5.69 Å². The molecule has 34 heavy (non-hydrogen) atoms. The van der Waals surface area contributed by atoms with Gasteiger partial charge in [0.2, 0.25) is 5.88 Å². The first-order valence-corrected chi connectivity index (χ1v) is 10.5. The average Bonchev–Trinajstić information content (AvgIpc) is 3.17. The first-order valence-electron chi connectivity index (χ1n) is 10.5. The quantitative estimate of drug-likeness (QED) is 0.281. The molecule has 1 aromatic heterocycles. The number of aromatic nitrogens is 1. The molecule has 2 amide bonds. The maximum Gasteiger partial charge on any atom is 0.311 e. The number of nitrogens with zero attached hydrogens (tertiary/aromatic N) is 3. The average molecular weight is 454 g/mol. The van der Waals surface area contributed by atoms with Gasteiger partial charge >= 0.3 is 5.91 Å². The third-order valence-electron chi connectivity index (χ3n) is 5.14. The van der Waals surface area contributed by atoms with Crippen molar-refractivity contribution in [2.75, 3.05) is 19.0 Å². The van der Waals surface area contributed by atoms with E-state index in [1.807, 2.05) is 49.3 Å². The van der Waals surface area contributed by atoms with Crippen LogP contribution in [0, 0.1) is 0 Å². The van der Waals surface area contributed by atoms with Crippen LogP contribution in [0.2, 0.25) is 0 Å². The summed E-state index contributed by atoms with van der Waals surface area (Å²) < 4.78 is 0. The summed E-state index contributed by atoms with van der Waals surface area (Å²) in [5.74, 6) is -1.41. The van der Waals surface area contributed by atoms with Crippen LogP contribution in [0.3, 0.4) is 0 Å². The molecule has 0 atom stereocenters. The lowest BCUT2D eigenvalue weighted by Crippen LogP contribution is -2.26. The Kier molecular flexibility index (Phi) is 6.49. The molecule has 0 saturated heterocycles. The van der Waals surface area contributed by atoms with E-state index in [4.69, 9.17) is 0 Å². The van der Waals surface area contributed by atoms with Crippen LogP contribution in [0.1, 0.15) is 15.9 Å². The molecule has 0 radical (unpaired) electrons. The molecule has 0 fully saturated rings. The van der Waals surface area contributed by atoms with Gasteiger partial charge in [0, 0.05) is 30.7 Å². The maximum atomic E-state index is 13.0. The summed E-state index contributed by atoms with van der Waals surface area (Å²) in [6, 6.07) is 23.2. The molecule has 0 aliphatic heterocycles. The van der Waals surface area contributed by atoms with E-state index < -0.39 is 11.8 Å². The molecule has 3 aromatic carbocycles. The number of benzene rings is 3. The number of rotatable bonds is 6. The number of anilines is 1. The number of fused-ring (bicyclic) bond motifs is 1. The maximum absolute atomic E-state index is 13.0. The van der Waals surface area contributed by atoms with E-state index in [1.54, 1.807) is 48.5 Å². The fourth-order valence-electron chi connectivity index (χ4n) is 3.33. The lowest BCUT2D eigenvalue weighted by atomic mass is 10.1. The summed E-state index contributed by atoms with van der Waals surface area (Å²) in [6.45, 7) is 0. The Morgan fingerprint density at radius 1 is 0.941 bits per heavy atom. The van der Waals surface area contributed by atoms with Gasteiger partial charge in [-0.1, -0.05) is 48.5 Å². The third kappa shape index (κ3) is 5.02. The Morgan fingerprint density at radius 3 is 2.32 bits per heavy atom. The lowest BCUT2D eigenvalue weighted by molar-refractivity contribution is -0.115. The van der Waals surface area contributed by atoms with Crippen molar-refractivity contribution in [3.63, 3.8) is 0 Å². The van der Waals surface area contributed by atoms with E-state index in [9.17, 15) is 14.7 Å². The SMILES string of the molecule is CN(C)c1ccc(/C=C(/NC(=O)c2ccccc2)C(=O)N=Nc2c(O)[nH]c3ccccc23)cc1. The van der Waals surface area contributed by atoms with E-state index in [0.29, 0.717) is 22.0 Å². The molecule has 4 aromatic rings. The Bertz CT molecular complexity index is 1390. The zero-order valence-electron chi connectivity index (χ0n) is 18.7. The van der Waals surface area contributed by atoms with Crippen LogP contribution in [-0.2, 0) is 4.79 Å². The fraction of sp³-hybridized carbons (Fsp3) is 0.0769. The number of aromatic amines is 1. The number of azo groups is 1. The van der Waals surface area contributed by atoms with Crippen LogP contribution in [0.5, 0.6) is 5.88 Å². The minimum absolute atomic E-state index is 0.0467. The van der Waals surface area contributed by atoms with Crippen LogP contribution in [0.25, 0.3) is 17.0 Å². The molecule has 8 nitrogen and oxygen atoms in total. The van der Waals surface area contributed by atoms with E-state index in [2.05, 4.69) is 20.5 Å². The summed E-state index contributed by atoms with van der Waals surface area (Å²) in [7, 11) is 3.86. The molecule has 8 heteroatoms. The molecule has 3 N–H and O–H groups in total. The zero-order valence-corrected chi connectivity index (χ0v) is 18.7. The molecular formula is C26H23N5O3. The molecule has 1 heterocycles. The first-order chi connectivity index (χ1) is 16.4. The molecule has 0 unspecified atom stereocenters. The highest BCUT2D eigenvalue weighted by Crippen LogP contribution is 2.35. The van der Waals surface area contributed by atoms with Crippen molar-refractivity contribution >= 4 is 40.2 Å². The monoisotopic (exact) mass is 453 g/mol. The normalized spacial score (nSPS) is 11.6. The Labute approximate surface area is 196 Å². The second-order valence-electron chi connectivity index (χ2n) is 7.74. The summed E-state index contributed by atoms with van der Waals surface area (Å²) in [6.07, 6.45) is 1.54. The van der Waals surface area contributed by atoms with Crippen LogP contribution in [0.15, 0.2) is 94.8 Å². The number of H-pyrrole nitrogens is 1. The predicted octanol–water partition coefficient (Wildman–Crippen LogP) is 5.02. The van der Waals surface area contributed by atoms with Crippen molar-refractivity contribution in [3.8, 4) is 5.88 Å². The number of para-hydroxylation sites is 1. The highest BCUT2D eigenvalue weighted by molar-refractivity contribution is 6.05. The van der Waals surface area contributed by atoms with E-state index >= 15 is 0 Å². The standard InChI is InChI=1S/C26H23N5O3/c1-31(2)19-14-12-17(13-15-19)16-22(28-24(32)18-8-4-3-5-9-18)25(33)30-29-23-20-10-6-7-11-21(20)27-26(23)34/h3-16,27,34H,1-2H3,(H,28,32)/b22-16+,30-29?. The first kappa shape index (κ1) is 22.5. The van der Waals surface area contributed by atoms with Gasteiger partial charge in [-0.05, 0) is 42.0 Å². The highest BCUT2D eigenvalue weighted by atomic mass is 16.3. The second kappa shape index (κ2) is 9.83. The minimum atomic E-state index is -0.759. The van der Waals surface area contributed by atoms with Gasteiger partial charge in [0.05, 0.1) is 5.52 Å². The molecule has 4 rings (SSSR count). The van der Waals surface area contributed by atoms with Crippen LogP contribution < -0.4 is 10.2 Å².